The highest BCUT2D eigenvalue weighted by atomic mass is 16.7. The number of hydrogen-bond acceptors (Lipinski definition) is 3. The van der Waals surface area contributed by atoms with E-state index in [1.165, 1.54) is 13.3 Å². The van der Waals surface area contributed by atoms with E-state index in [4.69, 9.17) is 0 Å². The Morgan fingerprint density at radius 2 is 1.85 bits per heavy atom. The van der Waals surface area contributed by atoms with E-state index < -0.39 is 5.97 Å². The standard InChI is InChI=1S/C9H15NO3/c1-7(11)13-10-9(12)8-5-3-2-4-6-8/h8H,2-6H2,1H3,(H,10,12). The Morgan fingerprint density at radius 1 is 1.23 bits per heavy atom. The second kappa shape index (κ2) is 4.84. The lowest BCUT2D eigenvalue weighted by atomic mass is 9.89. The van der Waals surface area contributed by atoms with Gasteiger partial charge in [-0.05, 0) is 12.8 Å². The van der Waals surface area contributed by atoms with Gasteiger partial charge in [-0.15, -0.1) is 0 Å². The lowest BCUT2D eigenvalue weighted by molar-refractivity contribution is -0.158. The van der Waals surface area contributed by atoms with Crippen LogP contribution in [0.5, 0.6) is 0 Å². The molecule has 0 aromatic rings. The van der Waals surface area contributed by atoms with Crippen LogP contribution >= 0.6 is 0 Å². The third-order valence-electron chi connectivity index (χ3n) is 2.27. The SMILES string of the molecule is CC(=O)ONC(=O)C1CCCCC1. The summed E-state index contributed by atoms with van der Waals surface area (Å²) in [5.74, 6) is -0.604. The molecule has 1 fully saturated rings. The monoisotopic (exact) mass is 185 g/mol. The fourth-order valence-corrected chi connectivity index (χ4v) is 1.57. The Kier molecular flexibility index (Phi) is 3.73. The lowest BCUT2D eigenvalue weighted by Crippen LogP contribution is -2.33. The number of rotatable bonds is 1. The van der Waals surface area contributed by atoms with Gasteiger partial charge in [-0.1, -0.05) is 19.3 Å². The maximum absolute atomic E-state index is 11.3. The quantitative estimate of drug-likeness (QED) is 0.624. The van der Waals surface area contributed by atoms with Gasteiger partial charge < -0.3 is 4.84 Å². The van der Waals surface area contributed by atoms with Gasteiger partial charge in [-0.2, -0.15) is 5.48 Å². The summed E-state index contributed by atoms with van der Waals surface area (Å²) in [6.07, 6.45) is 5.22. The molecule has 0 bridgehead atoms. The van der Waals surface area contributed by atoms with Gasteiger partial charge in [-0.25, -0.2) is 0 Å². The molecule has 1 aliphatic rings. The van der Waals surface area contributed by atoms with E-state index >= 15 is 0 Å². The van der Waals surface area contributed by atoms with Crippen LogP contribution in [-0.4, -0.2) is 11.9 Å². The van der Waals surface area contributed by atoms with Crippen LogP contribution in [0.4, 0.5) is 0 Å². The molecule has 0 atom stereocenters. The minimum absolute atomic E-state index is 0.0353. The van der Waals surface area contributed by atoms with E-state index in [0.29, 0.717) is 0 Å². The van der Waals surface area contributed by atoms with Crippen molar-refractivity contribution in [2.75, 3.05) is 0 Å². The van der Waals surface area contributed by atoms with Crippen LogP contribution in [0.25, 0.3) is 0 Å². The Morgan fingerprint density at radius 3 is 2.38 bits per heavy atom. The molecule has 0 radical (unpaired) electrons. The van der Waals surface area contributed by atoms with Gasteiger partial charge in [0, 0.05) is 12.8 Å². The molecule has 0 aliphatic heterocycles. The van der Waals surface area contributed by atoms with Gasteiger partial charge in [0.1, 0.15) is 0 Å². The normalized spacial score (nSPS) is 17.9. The first-order chi connectivity index (χ1) is 6.20. The van der Waals surface area contributed by atoms with Crippen LogP contribution in [0.3, 0.4) is 0 Å². The molecule has 0 spiro atoms. The van der Waals surface area contributed by atoms with E-state index in [1.54, 1.807) is 0 Å². The highest BCUT2D eigenvalue weighted by molar-refractivity contribution is 5.79. The van der Waals surface area contributed by atoms with Crippen molar-refractivity contribution >= 4 is 11.9 Å². The molecule has 0 heterocycles. The Balaban J connectivity index is 2.25. The smallest absolute Gasteiger partial charge is 0.329 e. The first kappa shape index (κ1) is 10.0. The van der Waals surface area contributed by atoms with Crippen molar-refractivity contribution in [2.45, 2.75) is 39.0 Å². The van der Waals surface area contributed by atoms with Crippen LogP contribution in [0, 0.1) is 5.92 Å². The van der Waals surface area contributed by atoms with Crippen LogP contribution in [0.15, 0.2) is 0 Å². The molecule has 0 aromatic carbocycles. The average molecular weight is 185 g/mol. The minimum atomic E-state index is -0.482. The maximum Gasteiger partial charge on any atom is 0.329 e. The van der Waals surface area contributed by atoms with Gasteiger partial charge in [0.15, 0.2) is 0 Å². The van der Waals surface area contributed by atoms with Crippen LogP contribution in [0.1, 0.15) is 39.0 Å². The van der Waals surface area contributed by atoms with Gasteiger partial charge in [0.25, 0.3) is 5.91 Å². The minimum Gasteiger partial charge on any atom is -0.341 e. The molecular weight excluding hydrogens is 170 g/mol. The summed E-state index contributed by atoms with van der Waals surface area (Å²) < 4.78 is 0. The van der Waals surface area contributed by atoms with Crippen LogP contribution in [0.2, 0.25) is 0 Å². The molecule has 4 nitrogen and oxygen atoms in total. The van der Waals surface area contributed by atoms with Crippen molar-refractivity contribution in [2.24, 2.45) is 5.92 Å². The van der Waals surface area contributed by atoms with E-state index in [-0.39, 0.29) is 11.8 Å². The topological polar surface area (TPSA) is 55.4 Å². The molecule has 1 amide bonds. The van der Waals surface area contributed by atoms with Crippen molar-refractivity contribution in [3.8, 4) is 0 Å². The van der Waals surface area contributed by atoms with Gasteiger partial charge >= 0.3 is 5.97 Å². The number of nitrogens with one attached hydrogen (secondary N) is 1. The third-order valence-corrected chi connectivity index (χ3v) is 2.27. The molecule has 1 aliphatic carbocycles. The number of hydroxylamine groups is 1. The van der Waals surface area contributed by atoms with E-state index in [1.807, 2.05) is 0 Å². The van der Waals surface area contributed by atoms with Gasteiger partial charge in [-0.3, -0.25) is 9.59 Å². The number of amides is 1. The summed E-state index contributed by atoms with van der Waals surface area (Å²) in [4.78, 5) is 26.1. The molecule has 1 rings (SSSR count). The fraction of sp³-hybridized carbons (Fsp3) is 0.778. The molecule has 74 valence electrons. The third kappa shape index (κ3) is 3.44. The Labute approximate surface area is 77.6 Å². The van der Waals surface area contributed by atoms with Crippen molar-refractivity contribution in [3.63, 3.8) is 0 Å². The highest BCUT2D eigenvalue weighted by Crippen LogP contribution is 2.23. The van der Waals surface area contributed by atoms with Crippen molar-refractivity contribution in [3.05, 3.63) is 0 Å². The zero-order valence-electron chi connectivity index (χ0n) is 7.84. The van der Waals surface area contributed by atoms with Crippen LogP contribution < -0.4 is 5.48 Å². The highest BCUT2D eigenvalue weighted by Gasteiger charge is 2.21. The Bertz CT molecular complexity index is 197. The first-order valence-electron chi connectivity index (χ1n) is 4.67. The second-order valence-corrected chi connectivity index (χ2v) is 3.39. The molecule has 0 unspecified atom stereocenters. The summed E-state index contributed by atoms with van der Waals surface area (Å²) in [7, 11) is 0. The van der Waals surface area contributed by atoms with Crippen molar-refractivity contribution in [1.29, 1.82) is 0 Å². The summed E-state index contributed by atoms with van der Waals surface area (Å²) in [5.41, 5.74) is 2.16. The van der Waals surface area contributed by atoms with E-state index in [9.17, 15) is 9.59 Å². The number of carbonyl (C=O) groups excluding carboxylic acids is 2. The zero-order chi connectivity index (χ0) is 9.68. The second-order valence-electron chi connectivity index (χ2n) is 3.39. The van der Waals surface area contributed by atoms with Gasteiger partial charge in [0.05, 0.1) is 0 Å². The average Bonchev–Trinajstić information content (AvgIpc) is 2.15. The van der Waals surface area contributed by atoms with Crippen LogP contribution in [-0.2, 0) is 14.4 Å². The molecule has 13 heavy (non-hydrogen) atoms. The zero-order valence-corrected chi connectivity index (χ0v) is 7.84. The largest absolute Gasteiger partial charge is 0.341 e. The molecule has 4 heteroatoms. The summed E-state index contributed by atoms with van der Waals surface area (Å²) >= 11 is 0. The lowest BCUT2D eigenvalue weighted by Gasteiger charge is -2.19. The summed E-state index contributed by atoms with van der Waals surface area (Å²) in [6, 6.07) is 0. The molecule has 0 saturated heterocycles. The number of hydrogen-bond donors (Lipinski definition) is 1. The van der Waals surface area contributed by atoms with Crippen molar-refractivity contribution in [1.82, 2.24) is 5.48 Å². The maximum atomic E-state index is 11.3. The van der Waals surface area contributed by atoms with E-state index in [0.717, 1.165) is 25.7 Å². The predicted octanol–water partition coefficient (Wildman–Crippen LogP) is 1.16. The van der Waals surface area contributed by atoms with E-state index in [2.05, 4.69) is 10.3 Å². The predicted molar refractivity (Wildman–Crippen MR) is 46.5 cm³/mol. The number of carbonyl (C=O) groups is 2. The molecular formula is C9H15NO3. The van der Waals surface area contributed by atoms with Crippen molar-refractivity contribution < 1.29 is 14.4 Å². The summed E-state index contributed by atoms with van der Waals surface area (Å²) in [6.45, 7) is 1.27. The Hall–Kier alpha value is -1.06. The molecule has 1 saturated carbocycles. The first-order valence-corrected chi connectivity index (χ1v) is 4.67. The summed E-state index contributed by atoms with van der Waals surface area (Å²) in [5, 5.41) is 0. The molecule has 1 N–H and O–H groups in total. The fourth-order valence-electron chi connectivity index (χ4n) is 1.57. The van der Waals surface area contributed by atoms with Gasteiger partial charge in [0.2, 0.25) is 0 Å². The molecule has 0 aromatic heterocycles.